The number of nitrogens with zero attached hydrogens (tertiary/aromatic N) is 6. The van der Waals surface area contributed by atoms with Crippen LogP contribution in [0.1, 0.15) is 76.1 Å². The zero-order valence-corrected chi connectivity index (χ0v) is 31.7. The van der Waals surface area contributed by atoms with Crippen molar-refractivity contribution in [2.45, 2.75) is 76.5 Å². The number of carbonyl (C=O) groups excluding carboxylic acids is 2. The van der Waals surface area contributed by atoms with E-state index in [1.54, 1.807) is 0 Å². The van der Waals surface area contributed by atoms with Crippen LogP contribution in [0.15, 0.2) is 65.9 Å². The van der Waals surface area contributed by atoms with Crippen LogP contribution in [0.2, 0.25) is 0 Å². The van der Waals surface area contributed by atoms with Crippen LogP contribution in [-0.2, 0) is 9.59 Å². The highest BCUT2D eigenvalue weighted by Gasteiger charge is 2.45. The Labute approximate surface area is 320 Å². The Morgan fingerprint density at radius 2 is 1.29 bits per heavy atom. The molecule has 3 amide bonds. The molecule has 0 spiro atoms. The maximum atomic E-state index is 13.8. The molecule has 1 saturated carbocycles. The molecular formula is C41H50N10O4. The fourth-order valence-corrected chi connectivity index (χ4v) is 8.34. The lowest BCUT2D eigenvalue weighted by molar-refractivity contribution is -0.138. The molecule has 5 N–H and O–H groups in total. The first-order valence-electron chi connectivity index (χ1n) is 19.6. The molecule has 2 aromatic carbocycles. The molecule has 8 rings (SSSR count). The Morgan fingerprint density at radius 3 is 1.75 bits per heavy atom. The molecule has 3 fully saturated rings. The van der Waals surface area contributed by atoms with Gasteiger partial charge in [0.05, 0.1) is 42.4 Å². The number of hydrogen-bond donors (Lipinski definition) is 5. The van der Waals surface area contributed by atoms with Crippen LogP contribution in [0, 0.1) is 11.8 Å². The lowest BCUT2D eigenvalue weighted by atomic mass is 10.0. The number of hydrogen-bond acceptors (Lipinski definition) is 8. The molecule has 0 unspecified atom stereocenters. The molecule has 4 aliphatic rings. The Bertz CT molecular complexity index is 2050. The van der Waals surface area contributed by atoms with Gasteiger partial charge in [-0.05, 0) is 72.6 Å². The molecule has 14 heteroatoms. The Morgan fingerprint density at radius 1 is 0.782 bits per heavy atom. The molecule has 14 nitrogen and oxygen atoms in total. The summed E-state index contributed by atoms with van der Waals surface area (Å²) < 4.78 is 0. The summed E-state index contributed by atoms with van der Waals surface area (Å²) in [6, 6.07) is 15.4. The maximum Gasteiger partial charge on any atom is 0.407 e. The van der Waals surface area contributed by atoms with Gasteiger partial charge in [0.25, 0.3) is 0 Å². The van der Waals surface area contributed by atoms with Crippen molar-refractivity contribution in [3.05, 3.63) is 72.6 Å². The van der Waals surface area contributed by atoms with E-state index in [1.807, 2.05) is 22.2 Å². The van der Waals surface area contributed by atoms with E-state index in [0.717, 1.165) is 90.4 Å². The van der Waals surface area contributed by atoms with E-state index in [1.165, 1.54) is 11.9 Å². The van der Waals surface area contributed by atoms with E-state index in [4.69, 9.17) is 4.98 Å². The zero-order chi connectivity index (χ0) is 38.2. The molecule has 55 heavy (non-hydrogen) atoms. The lowest BCUT2D eigenvalue weighted by Crippen LogP contribution is -2.53. The summed E-state index contributed by atoms with van der Waals surface area (Å²) in [5, 5.41) is 16.2. The number of aliphatic imine (C=N–C) groups is 1. The van der Waals surface area contributed by atoms with Crippen molar-refractivity contribution >= 4 is 23.9 Å². The second-order valence-electron chi connectivity index (χ2n) is 15.6. The molecule has 5 heterocycles. The molecule has 2 saturated heterocycles. The first-order valence-corrected chi connectivity index (χ1v) is 19.6. The van der Waals surface area contributed by atoms with Gasteiger partial charge in [-0.1, -0.05) is 62.4 Å². The molecule has 4 atom stereocenters. The minimum absolute atomic E-state index is 0.0761. The Hall–Kier alpha value is -5.66. The number of aromatic nitrogens is 4. The summed E-state index contributed by atoms with van der Waals surface area (Å²) in [4.78, 5) is 65.0. The van der Waals surface area contributed by atoms with Crippen LogP contribution < -0.4 is 10.6 Å². The van der Waals surface area contributed by atoms with E-state index in [9.17, 15) is 19.5 Å². The number of nitrogens with one attached hydrogen (secondary N) is 4. The quantitative estimate of drug-likeness (QED) is 0.135. The molecule has 4 aromatic rings. The topological polar surface area (TPSA) is 175 Å². The molecule has 2 aromatic heterocycles. The van der Waals surface area contributed by atoms with Crippen LogP contribution >= 0.6 is 0 Å². The summed E-state index contributed by atoms with van der Waals surface area (Å²) in [6.45, 7) is 6.91. The summed E-state index contributed by atoms with van der Waals surface area (Å²) in [5.41, 5.74) is 5.94. The average Bonchev–Trinajstić information content (AvgIpc) is 3.85. The SMILES string of the molecule is CC(C)[C@@H](NC1=NCCN1)C(=O)N1CCC[C@H]1c1ncc(-c2ccc(-c3ccc(-c4cnc([C@@H]5CCCN5C(=O)[C@H](C5CC5)N(C)C(=O)O)[nH]4)cc3)cc2)[nH]1. The molecule has 288 valence electrons. The standard InChI is InChI=1S/C41H50N10O4/c1-24(2)34(48-40-42-18-19-43-40)38(52)50-20-4-6-32(50)36-44-22-30(46-36)27-12-8-25(9-13-27)26-10-14-28(15-11-26)31-23-45-37(47-31)33-7-5-21-51(33)39(53)35(29-16-17-29)49(3)41(54)55/h8-15,22-24,29,32-35H,4-7,16-21H2,1-3H3,(H,44,46)(H,45,47)(H,54,55)(H2,42,43,48)/t32-,33-,34+,35-/m0/s1. The van der Waals surface area contributed by atoms with Crippen molar-refractivity contribution in [1.29, 1.82) is 0 Å². The van der Waals surface area contributed by atoms with Gasteiger partial charge in [-0.25, -0.2) is 14.8 Å². The van der Waals surface area contributed by atoms with Gasteiger partial charge in [0, 0.05) is 26.7 Å². The van der Waals surface area contributed by atoms with Crippen molar-refractivity contribution in [2.24, 2.45) is 16.8 Å². The van der Waals surface area contributed by atoms with Gasteiger partial charge in [-0.2, -0.15) is 0 Å². The van der Waals surface area contributed by atoms with Crippen molar-refractivity contribution in [2.75, 3.05) is 33.2 Å². The number of carboxylic acid groups (broad SMARTS) is 1. The number of benzene rings is 2. The third kappa shape index (κ3) is 7.41. The third-order valence-electron chi connectivity index (χ3n) is 11.6. The first kappa shape index (κ1) is 36.3. The average molecular weight is 747 g/mol. The van der Waals surface area contributed by atoms with Crippen molar-refractivity contribution < 1.29 is 19.5 Å². The summed E-state index contributed by atoms with van der Waals surface area (Å²) in [7, 11) is 1.50. The predicted octanol–water partition coefficient (Wildman–Crippen LogP) is 5.42. The molecule has 0 radical (unpaired) electrons. The van der Waals surface area contributed by atoms with E-state index < -0.39 is 12.1 Å². The maximum absolute atomic E-state index is 13.8. The van der Waals surface area contributed by atoms with Gasteiger partial charge in [0.1, 0.15) is 23.7 Å². The lowest BCUT2D eigenvalue weighted by Gasteiger charge is -2.31. The van der Waals surface area contributed by atoms with Crippen LogP contribution in [0.5, 0.6) is 0 Å². The normalized spacial score (nSPS) is 20.7. The number of rotatable bonds is 11. The largest absolute Gasteiger partial charge is 0.465 e. The smallest absolute Gasteiger partial charge is 0.407 e. The van der Waals surface area contributed by atoms with Crippen LogP contribution in [-0.4, -0.2) is 109 Å². The minimum atomic E-state index is -1.08. The summed E-state index contributed by atoms with van der Waals surface area (Å²) in [5.74, 6) is 2.37. The van der Waals surface area contributed by atoms with E-state index in [2.05, 4.69) is 93.0 Å². The number of amides is 3. The van der Waals surface area contributed by atoms with Gasteiger partial charge in [-0.3, -0.25) is 19.5 Å². The molecule has 1 aliphatic carbocycles. The number of H-pyrrole nitrogens is 2. The van der Waals surface area contributed by atoms with Crippen LogP contribution in [0.25, 0.3) is 33.6 Å². The highest BCUT2D eigenvalue weighted by molar-refractivity contribution is 5.90. The summed E-state index contributed by atoms with van der Waals surface area (Å²) in [6.07, 6.45) is 7.77. The van der Waals surface area contributed by atoms with Gasteiger partial charge in [0.15, 0.2) is 5.96 Å². The number of carbonyl (C=O) groups is 3. The number of likely N-dealkylation sites (tertiary alicyclic amines) is 2. The number of likely N-dealkylation sites (N-methyl/N-ethyl adjacent to an activating group) is 1. The van der Waals surface area contributed by atoms with Crippen molar-refractivity contribution in [1.82, 2.24) is 45.3 Å². The van der Waals surface area contributed by atoms with Gasteiger partial charge >= 0.3 is 6.09 Å². The van der Waals surface area contributed by atoms with Crippen molar-refractivity contribution in [3.8, 4) is 33.6 Å². The fraction of sp³-hybridized carbons (Fsp3) is 0.463. The number of aromatic amines is 2. The Kier molecular flexibility index (Phi) is 10.1. The number of guanidine groups is 1. The van der Waals surface area contributed by atoms with Crippen molar-refractivity contribution in [3.63, 3.8) is 0 Å². The van der Waals surface area contributed by atoms with Gasteiger partial charge < -0.3 is 35.5 Å². The van der Waals surface area contributed by atoms with Crippen LogP contribution in [0.4, 0.5) is 4.79 Å². The second kappa shape index (κ2) is 15.2. The first-order chi connectivity index (χ1) is 26.7. The van der Waals surface area contributed by atoms with E-state index in [0.29, 0.717) is 25.6 Å². The van der Waals surface area contributed by atoms with Crippen LogP contribution in [0.3, 0.4) is 0 Å². The predicted molar refractivity (Wildman–Crippen MR) is 209 cm³/mol. The third-order valence-corrected chi connectivity index (χ3v) is 11.6. The monoisotopic (exact) mass is 746 g/mol. The van der Waals surface area contributed by atoms with Gasteiger partial charge in [-0.15, -0.1) is 0 Å². The van der Waals surface area contributed by atoms with E-state index >= 15 is 0 Å². The summed E-state index contributed by atoms with van der Waals surface area (Å²) >= 11 is 0. The van der Waals surface area contributed by atoms with E-state index in [-0.39, 0.29) is 41.8 Å². The Balaban J connectivity index is 0.915. The fourth-order valence-electron chi connectivity index (χ4n) is 8.34. The molecule has 0 bridgehead atoms. The molecule has 3 aliphatic heterocycles. The van der Waals surface area contributed by atoms with Gasteiger partial charge in [0.2, 0.25) is 11.8 Å². The minimum Gasteiger partial charge on any atom is -0.465 e. The number of imidazole rings is 2. The highest BCUT2D eigenvalue weighted by Crippen LogP contribution is 2.40. The highest BCUT2D eigenvalue weighted by atomic mass is 16.4. The second-order valence-corrected chi connectivity index (χ2v) is 15.6. The zero-order valence-electron chi connectivity index (χ0n) is 31.7. The molecular weight excluding hydrogens is 697 g/mol.